The molecule has 0 unspecified atom stereocenters. The van der Waals surface area contributed by atoms with Gasteiger partial charge in [0.15, 0.2) is 0 Å². The molecule has 0 atom stereocenters. The number of carboxylic acid groups (broad SMARTS) is 1. The van der Waals surface area contributed by atoms with E-state index in [0.29, 0.717) is 11.1 Å². The van der Waals surface area contributed by atoms with Crippen molar-refractivity contribution in [1.82, 2.24) is 4.90 Å². The molecule has 0 saturated heterocycles. The number of carboxylic acids is 1. The molecule has 0 saturated carbocycles. The van der Waals surface area contributed by atoms with Gasteiger partial charge in [-0.3, -0.25) is 4.90 Å². The Hall–Kier alpha value is -2.11. The van der Waals surface area contributed by atoms with E-state index in [2.05, 4.69) is 0 Å². The summed E-state index contributed by atoms with van der Waals surface area (Å²) in [6.45, 7) is 5.73. The monoisotopic (exact) mass is 281 g/mol. The van der Waals surface area contributed by atoms with Crippen LogP contribution in [0.1, 0.15) is 42.3 Å². The summed E-state index contributed by atoms with van der Waals surface area (Å²) in [4.78, 5) is 24.2. The third-order valence-electron chi connectivity index (χ3n) is 2.89. The van der Waals surface area contributed by atoms with Crippen LogP contribution in [-0.2, 0) is 17.8 Å². The minimum Gasteiger partial charge on any atom is -0.478 e. The second-order valence-electron chi connectivity index (χ2n) is 5.74. The number of nitrogens with zero attached hydrogens (tertiary/aromatic N) is 1. The lowest BCUT2D eigenvalue weighted by molar-refractivity contribution is 0.0241. The first kappa shape index (κ1) is 14.3. The number of ether oxygens (including phenoxy) is 1. The van der Waals surface area contributed by atoms with Gasteiger partial charge in [0.1, 0.15) is 11.4 Å². The zero-order valence-electron chi connectivity index (χ0n) is 11.6. The number of carbonyl (C=O) groups is 2. The van der Waals surface area contributed by atoms with Crippen LogP contribution in [-0.4, -0.2) is 27.7 Å². The molecule has 0 aliphatic carbocycles. The Morgan fingerprint density at radius 3 is 2.30 bits per heavy atom. The molecule has 0 spiro atoms. The first-order chi connectivity index (χ1) is 9.17. The molecule has 0 bridgehead atoms. The maximum absolute atomic E-state index is 13.6. The molecule has 0 radical (unpaired) electrons. The lowest BCUT2D eigenvalue weighted by atomic mass is 10.1. The van der Waals surface area contributed by atoms with Crippen LogP contribution in [0.5, 0.6) is 0 Å². The molecule has 2 rings (SSSR count). The molecule has 1 aliphatic heterocycles. The van der Waals surface area contributed by atoms with Gasteiger partial charge in [0.05, 0.1) is 5.56 Å². The van der Waals surface area contributed by atoms with Gasteiger partial charge in [0, 0.05) is 13.1 Å². The summed E-state index contributed by atoms with van der Waals surface area (Å²) in [7, 11) is 0. The standard InChI is InChI=1S/C14H16FNO4/c1-14(2,3)20-13(19)16-6-8-4-10(12(17)18)11(15)5-9(8)7-16/h4-5H,6-7H2,1-3H3,(H,17,18). The highest BCUT2D eigenvalue weighted by Crippen LogP contribution is 2.27. The van der Waals surface area contributed by atoms with Crippen LogP contribution in [0.3, 0.4) is 0 Å². The fourth-order valence-electron chi connectivity index (χ4n) is 2.04. The Labute approximate surface area is 116 Å². The Kier molecular flexibility index (Phi) is 3.41. The van der Waals surface area contributed by atoms with E-state index in [1.165, 1.54) is 17.0 Å². The predicted molar refractivity (Wildman–Crippen MR) is 68.8 cm³/mol. The van der Waals surface area contributed by atoms with Gasteiger partial charge in [-0.1, -0.05) is 0 Å². The molecule has 1 aromatic rings. The maximum atomic E-state index is 13.6. The minimum atomic E-state index is -1.32. The Morgan fingerprint density at radius 1 is 1.25 bits per heavy atom. The average molecular weight is 281 g/mol. The van der Waals surface area contributed by atoms with Gasteiger partial charge in [-0.2, -0.15) is 0 Å². The molecule has 5 nitrogen and oxygen atoms in total. The van der Waals surface area contributed by atoms with Gasteiger partial charge in [-0.05, 0) is 44.0 Å². The smallest absolute Gasteiger partial charge is 0.410 e. The summed E-state index contributed by atoms with van der Waals surface area (Å²) < 4.78 is 18.8. The van der Waals surface area contributed by atoms with E-state index in [0.717, 1.165) is 0 Å². The van der Waals surface area contributed by atoms with Crippen molar-refractivity contribution in [3.8, 4) is 0 Å². The van der Waals surface area contributed by atoms with Crippen molar-refractivity contribution in [2.45, 2.75) is 39.5 Å². The summed E-state index contributed by atoms with van der Waals surface area (Å²) in [5.74, 6) is -2.11. The lowest BCUT2D eigenvalue weighted by Crippen LogP contribution is -2.33. The van der Waals surface area contributed by atoms with Crippen molar-refractivity contribution < 1.29 is 23.8 Å². The molecule has 0 aromatic heterocycles. The Balaban J connectivity index is 2.19. The number of benzene rings is 1. The molecule has 0 fully saturated rings. The van der Waals surface area contributed by atoms with E-state index >= 15 is 0 Å². The summed E-state index contributed by atoms with van der Waals surface area (Å²) in [5, 5.41) is 8.88. The number of aromatic carboxylic acids is 1. The number of rotatable bonds is 1. The SMILES string of the molecule is CC(C)(C)OC(=O)N1Cc2cc(F)c(C(=O)O)cc2C1. The first-order valence-corrected chi connectivity index (χ1v) is 6.20. The quantitative estimate of drug-likeness (QED) is 0.859. The summed E-state index contributed by atoms with van der Waals surface area (Å²) in [6.07, 6.45) is -0.494. The lowest BCUT2D eigenvalue weighted by Gasteiger charge is -2.24. The van der Waals surface area contributed by atoms with Crippen molar-refractivity contribution in [2.24, 2.45) is 0 Å². The van der Waals surface area contributed by atoms with Crippen LogP contribution in [0.4, 0.5) is 9.18 Å². The zero-order chi connectivity index (χ0) is 15.1. The highest BCUT2D eigenvalue weighted by molar-refractivity contribution is 5.88. The number of hydrogen-bond donors (Lipinski definition) is 1. The molecule has 1 heterocycles. The van der Waals surface area contributed by atoms with Crippen LogP contribution < -0.4 is 0 Å². The van der Waals surface area contributed by atoms with E-state index in [1.807, 2.05) is 0 Å². The Bertz CT molecular complexity index is 577. The molecule has 1 amide bonds. The van der Waals surface area contributed by atoms with E-state index < -0.39 is 23.5 Å². The minimum absolute atomic E-state index is 0.223. The van der Waals surface area contributed by atoms with Crippen LogP contribution in [0, 0.1) is 5.82 Å². The molecular formula is C14H16FNO4. The number of hydrogen-bond acceptors (Lipinski definition) is 3. The van der Waals surface area contributed by atoms with Crippen molar-refractivity contribution in [3.05, 3.63) is 34.6 Å². The molecular weight excluding hydrogens is 265 g/mol. The van der Waals surface area contributed by atoms with Gasteiger partial charge < -0.3 is 9.84 Å². The number of halogens is 1. The molecule has 1 aliphatic rings. The van der Waals surface area contributed by atoms with Crippen LogP contribution in [0.2, 0.25) is 0 Å². The first-order valence-electron chi connectivity index (χ1n) is 6.20. The van der Waals surface area contributed by atoms with Gasteiger partial charge in [-0.15, -0.1) is 0 Å². The van der Waals surface area contributed by atoms with E-state index in [9.17, 15) is 14.0 Å². The summed E-state index contributed by atoms with van der Waals surface area (Å²) >= 11 is 0. The third kappa shape index (κ3) is 2.89. The maximum Gasteiger partial charge on any atom is 0.410 e. The highest BCUT2D eigenvalue weighted by atomic mass is 19.1. The van der Waals surface area contributed by atoms with E-state index in [-0.39, 0.29) is 18.7 Å². The van der Waals surface area contributed by atoms with Gasteiger partial charge >= 0.3 is 12.1 Å². The highest BCUT2D eigenvalue weighted by Gasteiger charge is 2.29. The van der Waals surface area contributed by atoms with Crippen LogP contribution in [0.15, 0.2) is 12.1 Å². The fourth-order valence-corrected chi connectivity index (χ4v) is 2.04. The normalized spacial score (nSPS) is 14.1. The van der Waals surface area contributed by atoms with Crippen LogP contribution >= 0.6 is 0 Å². The van der Waals surface area contributed by atoms with Crippen molar-refractivity contribution in [2.75, 3.05) is 0 Å². The molecule has 6 heteroatoms. The van der Waals surface area contributed by atoms with E-state index in [4.69, 9.17) is 9.84 Å². The van der Waals surface area contributed by atoms with E-state index in [1.54, 1.807) is 20.8 Å². The van der Waals surface area contributed by atoms with Crippen molar-refractivity contribution in [3.63, 3.8) is 0 Å². The largest absolute Gasteiger partial charge is 0.478 e. The van der Waals surface area contributed by atoms with Gasteiger partial charge in [-0.25, -0.2) is 14.0 Å². The summed E-state index contributed by atoms with van der Waals surface area (Å²) in [6, 6.07) is 2.44. The zero-order valence-corrected chi connectivity index (χ0v) is 11.6. The molecule has 1 aromatic carbocycles. The topological polar surface area (TPSA) is 66.8 Å². The van der Waals surface area contributed by atoms with Crippen molar-refractivity contribution >= 4 is 12.1 Å². The second-order valence-corrected chi connectivity index (χ2v) is 5.74. The average Bonchev–Trinajstić information content (AvgIpc) is 2.68. The molecule has 20 heavy (non-hydrogen) atoms. The summed E-state index contributed by atoms with van der Waals surface area (Å²) in [5.41, 5.74) is 0.256. The molecule has 108 valence electrons. The number of fused-ring (bicyclic) bond motifs is 1. The van der Waals surface area contributed by atoms with Gasteiger partial charge in [0.2, 0.25) is 0 Å². The van der Waals surface area contributed by atoms with Gasteiger partial charge in [0.25, 0.3) is 0 Å². The second kappa shape index (κ2) is 4.77. The number of amides is 1. The van der Waals surface area contributed by atoms with Crippen molar-refractivity contribution in [1.29, 1.82) is 0 Å². The molecule has 1 N–H and O–H groups in total. The van der Waals surface area contributed by atoms with Crippen LogP contribution in [0.25, 0.3) is 0 Å². The predicted octanol–water partition coefficient (Wildman–Crippen LogP) is 2.77. The Morgan fingerprint density at radius 2 is 1.80 bits per heavy atom. The fraction of sp³-hybridized carbons (Fsp3) is 0.429. The third-order valence-corrected chi connectivity index (χ3v) is 2.89. The number of carbonyl (C=O) groups excluding carboxylic acids is 1.